The largest absolute Gasteiger partial charge is 0.254 e. The van der Waals surface area contributed by atoms with Crippen LogP contribution in [-0.4, -0.2) is 45.3 Å². The average Bonchev–Trinajstić information content (AvgIpc) is 2.49. The van der Waals surface area contributed by atoms with Crippen molar-refractivity contribution in [2.24, 2.45) is 10.2 Å². The van der Waals surface area contributed by atoms with Crippen molar-refractivity contribution >= 4 is 35.3 Å². The Labute approximate surface area is 153 Å². The number of hydrogen-bond donors (Lipinski definition) is 0. The quantitative estimate of drug-likeness (QED) is 0.429. The molecule has 22 heavy (non-hydrogen) atoms. The zero-order valence-electron chi connectivity index (χ0n) is 13.1. The van der Waals surface area contributed by atoms with E-state index < -0.39 is 0 Å². The van der Waals surface area contributed by atoms with Gasteiger partial charge in [0.15, 0.2) is 0 Å². The van der Waals surface area contributed by atoms with Gasteiger partial charge in [-0.15, -0.1) is 5.10 Å². The van der Waals surface area contributed by atoms with Gasteiger partial charge >= 0.3 is 0 Å². The van der Waals surface area contributed by atoms with E-state index >= 15 is 0 Å². The van der Waals surface area contributed by atoms with Crippen molar-refractivity contribution in [2.75, 3.05) is 0 Å². The van der Waals surface area contributed by atoms with Crippen molar-refractivity contribution < 1.29 is 4.28 Å². The third-order valence-corrected chi connectivity index (χ3v) is 2.75. The van der Waals surface area contributed by atoms with Gasteiger partial charge in [0.25, 0.3) is 0 Å². The molecule has 0 atom stereocenters. The number of pyridine rings is 2. The van der Waals surface area contributed by atoms with Crippen molar-refractivity contribution in [1.82, 2.24) is 9.97 Å². The smallest absolute Gasteiger partial charge is 0.137 e. The van der Waals surface area contributed by atoms with Gasteiger partial charge in [-0.3, -0.25) is 9.97 Å². The third kappa shape index (κ3) is 5.67. The van der Waals surface area contributed by atoms with Crippen LogP contribution in [0.4, 0.5) is 0 Å². The molecular formula is C17H25N4Sn. The maximum absolute atomic E-state index is 4.38. The molecule has 5 radical (unpaired) electrons. The van der Waals surface area contributed by atoms with Crippen LogP contribution >= 0.6 is 0 Å². The molecule has 5 heteroatoms. The molecule has 4 nitrogen and oxygen atoms in total. The van der Waals surface area contributed by atoms with Crippen LogP contribution in [0.5, 0.6) is 0 Å². The van der Waals surface area contributed by atoms with Crippen LogP contribution < -0.4 is 0 Å². The fourth-order valence-corrected chi connectivity index (χ4v) is 1.92. The molecule has 0 aliphatic carbocycles. The van der Waals surface area contributed by atoms with Crippen molar-refractivity contribution in [2.45, 2.75) is 27.2 Å². The second-order valence-electron chi connectivity index (χ2n) is 5.10. The summed E-state index contributed by atoms with van der Waals surface area (Å²) in [7, 11) is 0. The molecule has 0 N–H and O–H groups in total. The SMILES string of the molecule is C[C](C)C/C(C)=N\N=C(c1ccccn1)c1ccccn1.[HH].[HH].[HH].[Sn]. The summed E-state index contributed by atoms with van der Waals surface area (Å²) in [5.41, 5.74) is 3.19. The van der Waals surface area contributed by atoms with Crippen LogP contribution in [-0.2, 0) is 0 Å². The van der Waals surface area contributed by atoms with Crippen LogP contribution in [0, 0.1) is 5.92 Å². The molecule has 0 saturated heterocycles. The minimum absolute atomic E-state index is 0. The van der Waals surface area contributed by atoms with Gasteiger partial charge in [0.1, 0.15) is 5.71 Å². The summed E-state index contributed by atoms with van der Waals surface area (Å²) < 4.78 is 0. The number of rotatable bonds is 5. The van der Waals surface area contributed by atoms with Gasteiger partial charge in [-0.1, -0.05) is 26.0 Å². The van der Waals surface area contributed by atoms with Crippen molar-refractivity contribution in [3.8, 4) is 0 Å². The number of aromatic nitrogens is 2. The molecule has 2 aromatic rings. The minimum atomic E-state index is 0. The van der Waals surface area contributed by atoms with E-state index in [-0.39, 0.29) is 28.2 Å². The molecule has 0 aliphatic heterocycles. The molecule has 2 heterocycles. The maximum atomic E-state index is 4.38. The summed E-state index contributed by atoms with van der Waals surface area (Å²) in [5.74, 6) is 1.31. The van der Waals surface area contributed by atoms with E-state index in [2.05, 4.69) is 34.0 Å². The predicted molar refractivity (Wildman–Crippen MR) is 98.5 cm³/mol. The van der Waals surface area contributed by atoms with Crippen LogP contribution in [0.1, 0.15) is 42.9 Å². The fourth-order valence-electron chi connectivity index (χ4n) is 1.92. The molecule has 2 rings (SSSR count). The summed E-state index contributed by atoms with van der Waals surface area (Å²) in [4.78, 5) is 8.70. The molecule has 0 saturated carbocycles. The first-order chi connectivity index (χ1) is 10.2. The Hall–Kier alpha value is -1.56. The first-order valence-corrected chi connectivity index (χ1v) is 6.90. The third-order valence-electron chi connectivity index (χ3n) is 2.75. The molecule has 0 unspecified atom stereocenters. The second-order valence-corrected chi connectivity index (χ2v) is 5.10. The van der Waals surface area contributed by atoms with E-state index in [4.69, 9.17) is 0 Å². The Kier molecular flexibility index (Phi) is 7.95. The van der Waals surface area contributed by atoms with E-state index in [9.17, 15) is 0 Å². The normalized spacial score (nSPS) is 11.0. The Morgan fingerprint density at radius 3 is 1.86 bits per heavy atom. The van der Waals surface area contributed by atoms with E-state index in [1.54, 1.807) is 12.4 Å². The van der Waals surface area contributed by atoms with Crippen molar-refractivity contribution in [3.05, 3.63) is 66.1 Å². The standard InChI is InChI=1S/C17H19N4.Sn.3H2/c1-13(2)12-14(3)20-21-17(15-8-4-6-10-18-15)16-9-5-7-11-19-16;;;;/h4-11H,12H2,1-3H3;;3*1H/b20-14-;;;;. The molecule has 0 aliphatic rings. The van der Waals surface area contributed by atoms with Gasteiger partial charge < -0.3 is 0 Å². The zero-order valence-corrected chi connectivity index (χ0v) is 16.0. The van der Waals surface area contributed by atoms with Crippen molar-refractivity contribution in [3.63, 3.8) is 0 Å². The predicted octanol–water partition coefficient (Wildman–Crippen LogP) is 4.05. The Morgan fingerprint density at radius 2 is 1.45 bits per heavy atom. The molecule has 0 fully saturated rings. The molecule has 0 bridgehead atoms. The number of nitrogens with zero attached hydrogens (tertiary/aromatic N) is 4. The van der Waals surface area contributed by atoms with Gasteiger partial charge in [0, 0.05) is 46.3 Å². The number of hydrogen-bond acceptors (Lipinski definition) is 4. The summed E-state index contributed by atoms with van der Waals surface area (Å²) in [6.45, 7) is 6.15. The second kappa shape index (κ2) is 9.45. The first kappa shape index (κ1) is 18.5. The van der Waals surface area contributed by atoms with E-state index in [1.807, 2.05) is 43.3 Å². The Balaban J connectivity index is -0.00000121. The van der Waals surface area contributed by atoms with Gasteiger partial charge in [-0.25, -0.2) is 0 Å². The molecular weight excluding hydrogens is 379 g/mol. The monoisotopic (exact) mass is 405 g/mol. The van der Waals surface area contributed by atoms with Crippen LogP contribution in [0.25, 0.3) is 0 Å². The average molecular weight is 404 g/mol. The molecule has 0 amide bonds. The van der Waals surface area contributed by atoms with E-state index in [0.29, 0.717) is 5.71 Å². The van der Waals surface area contributed by atoms with Gasteiger partial charge in [-0.2, -0.15) is 5.10 Å². The Bertz CT molecular complexity index is 593. The van der Waals surface area contributed by atoms with Crippen LogP contribution in [0.3, 0.4) is 0 Å². The Morgan fingerprint density at radius 1 is 0.909 bits per heavy atom. The summed E-state index contributed by atoms with van der Waals surface area (Å²) in [6.07, 6.45) is 4.34. The molecule has 0 spiro atoms. The zero-order chi connectivity index (χ0) is 15.1. The van der Waals surface area contributed by atoms with Gasteiger partial charge in [0.05, 0.1) is 11.4 Å². The molecule has 2 aromatic heterocycles. The van der Waals surface area contributed by atoms with E-state index in [0.717, 1.165) is 23.5 Å². The van der Waals surface area contributed by atoms with Gasteiger partial charge in [-0.05, 0) is 43.5 Å². The molecule has 0 aromatic carbocycles. The maximum Gasteiger partial charge on any atom is 0.137 e. The summed E-state index contributed by atoms with van der Waals surface area (Å²) in [5, 5.41) is 8.70. The summed E-state index contributed by atoms with van der Waals surface area (Å²) in [6, 6.07) is 11.4. The van der Waals surface area contributed by atoms with Crippen LogP contribution in [0.2, 0.25) is 0 Å². The minimum Gasteiger partial charge on any atom is -0.254 e. The van der Waals surface area contributed by atoms with Crippen LogP contribution in [0.15, 0.2) is 59.0 Å². The van der Waals surface area contributed by atoms with E-state index in [1.165, 1.54) is 5.92 Å². The topological polar surface area (TPSA) is 50.5 Å². The molecule has 117 valence electrons. The summed E-state index contributed by atoms with van der Waals surface area (Å²) >= 11 is 0. The first-order valence-electron chi connectivity index (χ1n) is 6.90. The van der Waals surface area contributed by atoms with Crippen molar-refractivity contribution in [1.29, 1.82) is 0 Å². The fraction of sp³-hybridized carbons (Fsp3) is 0.235. The van der Waals surface area contributed by atoms with Gasteiger partial charge in [0.2, 0.25) is 0 Å².